The molecule has 2 atom stereocenters. The van der Waals surface area contributed by atoms with Crippen LogP contribution in [0, 0.1) is 0 Å². The monoisotopic (exact) mass is 385 g/mol. The molecule has 2 aliphatic rings. The predicted octanol–water partition coefficient (Wildman–Crippen LogP) is 2.54. The van der Waals surface area contributed by atoms with Gasteiger partial charge in [-0.3, -0.25) is 14.5 Å². The zero-order valence-corrected chi connectivity index (χ0v) is 14.3. The lowest BCUT2D eigenvalue weighted by Gasteiger charge is -2.39. The van der Waals surface area contributed by atoms with Crippen LogP contribution in [0.2, 0.25) is 0 Å². The molecular weight excluding hydrogens is 371 g/mol. The van der Waals surface area contributed by atoms with Crippen molar-refractivity contribution in [3.63, 3.8) is 0 Å². The van der Waals surface area contributed by atoms with Gasteiger partial charge < -0.3 is 10.2 Å². The summed E-state index contributed by atoms with van der Waals surface area (Å²) in [5, 5.41) is 3.33. The number of hydrogen-bond acceptors (Lipinski definition) is 4. The Hall–Kier alpha value is -2.49. The Morgan fingerprint density at radius 3 is 2.65 bits per heavy atom. The van der Waals surface area contributed by atoms with Crippen LogP contribution in [-0.2, 0) is 15.8 Å². The number of amides is 4. The van der Waals surface area contributed by atoms with E-state index < -0.39 is 41.5 Å². The van der Waals surface area contributed by atoms with Gasteiger partial charge in [-0.2, -0.15) is 13.2 Å². The van der Waals surface area contributed by atoms with Crippen molar-refractivity contribution >= 4 is 35.3 Å². The number of hydrogen-bond donors (Lipinski definition) is 1. The Kier molecular flexibility index (Phi) is 4.70. The Labute approximate surface area is 151 Å². The largest absolute Gasteiger partial charge is 0.418 e. The molecule has 4 amide bonds. The van der Waals surface area contributed by atoms with Crippen LogP contribution in [0.3, 0.4) is 0 Å². The minimum absolute atomic E-state index is 0.367. The molecule has 10 heteroatoms. The van der Waals surface area contributed by atoms with Crippen molar-refractivity contribution in [2.75, 3.05) is 18.9 Å². The second kappa shape index (κ2) is 6.67. The third kappa shape index (κ3) is 3.28. The molecule has 1 saturated heterocycles. The van der Waals surface area contributed by atoms with Crippen LogP contribution in [0.4, 0.5) is 23.7 Å². The molecule has 0 saturated carbocycles. The Morgan fingerprint density at radius 1 is 1.27 bits per heavy atom. The maximum atomic E-state index is 13.0. The van der Waals surface area contributed by atoms with Gasteiger partial charge in [-0.05, 0) is 17.5 Å². The fourth-order valence-corrected chi connectivity index (χ4v) is 3.92. The standard InChI is InChI=1S/C16H14F3N3O3S/c1-21-14(24)13-11(6-7-26-13)22(15(21)25)8-12(23)20-10-5-3-2-4-9(10)16(17,18)19/h2-7,11,13H,8H2,1H3,(H,20,23). The average molecular weight is 385 g/mol. The second-order valence-corrected chi connectivity index (χ2v) is 6.83. The maximum Gasteiger partial charge on any atom is 0.418 e. The molecular formula is C16H14F3N3O3S. The van der Waals surface area contributed by atoms with Gasteiger partial charge in [0.1, 0.15) is 11.8 Å². The smallest absolute Gasteiger partial charge is 0.324 e. The van der Waals surface area contributed by atoms with E-state index in [1.54, 1.807) is 11.5 Å². The van der Waals surface area contributed by atoms with Gasteiger partial charge in [-0.25, -0.2) is 4.79 Å². The predicted molar refractivity (Wildman–Crippen MR) is 89.3 cm³/mol. The highest BCUT2D eigenvalue weighted by Crippen LogP contribution is 2.35. The SMILES string of the molecule is CN1C(=O)C2SC=CC2N(CC(=O)Nc2ccccc2C(F)(F)F)C1=O. The van der Waals surface area contributed by atoms with Crippen molar-refractivity contribution in [3.8, 4) is 0 Å². The number of nitrogens with zero attached hydrogens (tertiary/aromatic N) is 2. The molecule has 1 N–H and O–H groups in total. The van der Waals surface area contributed by atoms with E-state index in [0.29, 0.717) is 0 Å². The molecule has 0 aliphatic carbocycles. The van der Waals surface area contributed by atoms with Gasteiger partial charge in [0.2, 0.25) is 11.8 Å². The molecule has 6 nitrogen and oxygen atoms in total. The van der Waals surface area contributed by atoms with Crippen molar-refractivity contribution in [1.82, 2.24) is 9.80 Å². The normalized spacial score (nSPS) is 22.6. The number of carbonyl (C=O) groups excluding carboxylic acids is 3. The molecule has 0 spiro atoms. The Bertz CT molecular complexity index is 796. The van der Waals surface area contributed by atoms with E-state index in [4.69, 9.17) is 0 Å². The van der Waals surface area contributed by atoms with E-state index in [1.807, 2.05) is 0 Å². The highest BCUT2D eigenvalue weighted by atomic mass is 32.2. The molecule has 26 heavy (non-hydrogen) atoms. The number of imide groups is 1. The zero-order valence-electron chi connectivity index (χ0n) is 13.5. The first-order valence-electron chi connectivity index (χ1n) is 7.56. The number of thioether (sulfide) groups is 1. The number of benzene rings is 1. The molecule has 0 bridgehead atoms. The molecule has 1 fully saturated rings. The summed E-state index contributed by atoms with van der Waals surface area (Å²) in [4.78, 5) is 38.8. The summed E-state index contributed by atoms with van der Waals surface area (Å²) in [5.41, 5.74) is -1.36. The molecule has 2 aliphatic heterocycles. The zero-order chi connectivity index (χ0) is 19.1. The first-order chi connectivity index (χ1) is 12.2. The van der Waals surface area contributed by atoms with Crippen molar-refractivity contribution in [3.05, 3.63) is 41.3 Å². The summed E-state index contributed by atoms with van der Waals surface area (Å²) >= 11 is 1.23. The van der Waals surface area contributed by atoms with Crippen molar-refractivity contribution in [2.45, 2.75) is 17.5 Å². The third-order valence-electron chi connectivity index (χ3n) is 4.10. The molecule has 0 radical (unpaired) electrons. The third-order valence-corrected chi connectivity index (χ3v) is 5.19. The van der Waals surface area contributed by atoms with Gasteiger partial charge in [-0.1, -0.05) is 18.2 Å². The topological polar surface area (TPSA) is 69.7 Å². The van der Waals surface area contributed by atoms with Crippen LogP contribution in [0.1, 0.15) is 5.56 Å². The van der Waals surface area contributed by atoms with Gasteiger partial charge >= 0.3 is 12.2 Å². The maximum absolute atomic E-state index is 13.0. The number of halogens is 3. The van der Waals surface area contributed by atoms with Gasteiger partial charge in [0.15, 0.2) is 0 Å². The van der Waals surface area contributed by atoms with Crippen LogP contribution >= 0.6 is 11.8 Å². The summed E-state index contributed by atoms with van der Waals surface area (Å²) in [6, 6.07) is 3.33. The summed E-state index contributed by atoms with van der Waals surface area (Å²) in [6.45, 7) is -0.464. The van der Waals surface area contributed by atoms with Crippen molar-refractivity contribution < 1.29 is 27.6 Å². The minimum atomic E-state index is -4.62. The number of anilines is 1. The quantitative estimate of drug-likeness (QED) is 0.868. The molecule has 0 aromatic heterocycles. The number of carbonyl (C=O) groups is 3. The van der Waals surface area contributed by atoms with Crippen LogP contribution in [0.5, 0.6) is 0 Å². The highest BCUT2D eigenvalue weighted by molar-refractivity contribution is 8.03. The lowest BCUT2D eigenvalue weighted by Crippen LogP contribution is -2.61. The fraction of sp³-hybridized carbons (Fsp3) is 0.312. The van der Waals surface area contributed by atoms with Crippen LogP contribution in [-0.4, -0.2) is 52.5 Å². The van der Waals surface area contributed by atoms with Gasteiger partial charge in [-0.15, -0.1) is 11.8 Å². The summed E-state index contributed by atoms with van der Waals surface area (Å²) in [5.74, 6) is -1.14. The molecule has 2 heterocycles. The molecule has 1 aromatic rings. The minimum Gasteiger partial charge on any atom is -0.324 e. The van der Waals surface area contributed by atoms with E-state index in [1.165, 1.54) is 35.8 Å². The Morgan fingerprint density at radius 2 is 1.96 bits per heavy atom. The van der Waals surface area contributed by atoms with Crippen molar-refractivity contribution in [2.24, 2.45) is 0 Å². The lowest BCUT2D eigenvalue weighted by molar-refractivity contribution is -0.137. The second-order valence-electron chi connectivity index (χ2n) is 5.78. The van der Waals surface area contributed by atoms with Crippen LogP contribution in [0.15, 0.2) is 35.7 Å². The first kappa shape index (κ1) is 18.3. The Balaban J connectivity index is 1.77. The van der Waals surface area contributed by atoms with Gasteiger partial charge in [0, 0.05) is 7.05 Å². The van der Waals surface area contributed by atoms with E-state index in [2.05, 4.69) is 5.32 Å². The van der Waals surface area contributed by atoms with Crippen LogP contribution in [0.25, 0.3) is 0 Å². The van der Waals surface area contributed by atoms with E-state index >= 15 is 0 Å². The molecule has 3 rings (SSSR count). The number of rotatable bonds is 3. The van der Waals surface area contributed by atoms with E-state index in [-0.39, 0.29) is 11.6 Å². The van der Waals surface area contributed by atoms with Crippen molar-refractivity contribution in [1.29, 1.82) is 0 Å². The average Bonchev–Trinajstić information content (AvgIpc) is 3.06. The van der Waals surface area contributed by atoms with Gasteiger partial charge in [0.05, 0.1) is 17.3 Å². The van der Waals surface area contributed by atoms with E-state index in [0.717, 1.165) is 17.0 Å². The molecule has 138 valence electrons. The van der Waals surface area contributed by atoms with E-state index in [9.17, 15) is 27.6 Å². The summed E-state index contributed by atoms with van der Waals surface area (Å²) in [7, 11) is 1.31. The molecule has 2 unspecified atom stereocenters. The fourth-order valence-electron chi connectivity index (χ4n) is 2.83. The number of nitrogens with one attached hydrogen (secondary N) is 1. The number of fused-ring (bicyclic) bond motifs is 1. The summed E-state index contributed by atoms with van der Waals surface area (Å²) in [6.07, 6.45) is -2.98. The summed E-state index contributed by atoms with van der Waals surface area (Å²) < 4.78 is 39.1. The van der Waals surface area contributed by atoms with Gasteiger partial charge in [0.25, 0.3) is 0 Å². The number of alkyl halides is 3. The number of para-hydroxylation sites is 1. The highest BCUT2D eigenvalue weighted by Gasteiger charge is 2.46. The van der Waals surface area contributed by atoms with Crippen LogP contribution < -0.4 is 5.32 Å². The molecule has 1 aromatic carbocycles. The number of urea groups is 1. The first-order valence-corrected chi connectivity index (χ1v) is 8.51. The lowest BCUT2D eigenvalue weighted by atomic mass is 10.1.